The Morgan fingerprint density at radius 2 is 1.93 bits per heavy atom. The van der Waals surface area contributed by atoms with Crippen LogP contribution in [0.25, 0.3) is 5.57 Å². The van der Waals surface area contributed by atoms with Gasteiger partial charge in [0, 0.05) is 24.0 Å². The highest BCUT2D eigenvalue weighted by molar-refractivity contribution is 6.30. The number of hydrogen-bond donors (Lipinski definition) is 0. The number of fused-ring (bicyclic) bond motifs is 1. The lowest BCUT2D eigenvalue weighted by Gasteiger charge is -2.27. The SMILES string of the molecule is O=C1C=CC2=NC(=O)C(CCCN3CC=C(c4ccc(Cl)cc4)CC3)CC2=C1. The Hall–Kier alpha value is -2.30. The highest BCUT2D eigenvalue weighted by atomic mass is 35.5. The van der Waals surface area contributed by atoms with Gasteiger partial charge in [-0.2, -0.15) is 0 Å². The van der Waals surface area contributed by atoms with Gasteiger partial charge in [0.2, 0.25) is 5.91 Å². The molecular weight excluding hydrogens is 372 g/mol. The van der Waals surface area contributed by atoms with Gasteiger partial charge in [-0.15, -0.1) is 0 Å². The van der Waals surface area contributed by atoms with Gasteiger partial charge in [0.25, 0.3) is 0 Å². The molecule has 144 valence electrons. The van der Waals surface area contributed by atoms with Crippen molar-refractivity contribution >= 4 is 34.6 Å². The van der Waals surface area contributed by atoms with Gasteiger partial charge in [-0.1, -0.05) is 29.8 Å². The van der Waals surface area contributed by atoms with Crippen molar-refractivity contribution in [2.75, 3.05) is 19.6 Å². The molecule has 0 bridgehead atoms. The molecule has 1 unspecified atom stereocenters. The Labute approximate surface area is 170 Å². The van der Waals surface area contributed by atoms with Crippen molar-refractivity contribution in [2.24, 2.45) is 10.9 Å². The number of carbonyl (C=O) groups is 2. The highest BCUT2D eigenvalue weighted by Crippen LogP contribution is 2.28. The van der Waals surface area contributed by atoms with Gasteiger partial charge in [0.15, 0.2) is 5.78 Å². The van der Waals surface area contributed by atoms with Crippen LogP contribution in [-0.4, -0.2) is 41.9 Å². The first-order chi connectivity index (χ1) is 13.6. The molecule has 0 saturated carbocycles. The van der Waals surface area contributed by atoms with Crippen molar-refractivity contribution < 1.29 is 9.59 Å². The van der Waals surface area contributed by atoms with Crippen LogP contribution in [0.1, 0.15) is 31.2 Å². The predicted octanol–water partition coefficient (Wildman–Crippen LogP) is 4.26. The Morgan fingerprint density at radius 1 is 1.11 bits per heavy atom. The summed E-state index contributed by atoms with van der Waals surface area (Å²) in [5.41, 5.74) is 4.19. The molecule has 4 nitrogen and oxygen atoms in total. The molecule has 4 rings (SSSR count). The smallest absolute Gasteiger partial charge is 0.249 e. The third-order valence-corrected chi connectivity index (χ3v) is 5.88. The van der Waals surface area contributed by atoms with Gasteiger partial charge in [-0.3, -0.25) is 14.5 Å². The van der Waals surface area contributed by atoms with Crippen molar-refractivity contribution in [2.45, 2.75) is 25.7 Å². The van der Waals surface area contributed by atoms with Gasteiger partial charge in [0.05, 0.1) is 5.71 Å². The first-order valence-corrected chi connectivity index (χ1v) is 10.2. The van der Waals surface area contributed by atoms with Crippen LogP contribution in [0.3, 0.4) is 0 Å². The lowest BCUT2D eigenvalue weighted by atomic mass is 9.86. The molecular formula is C23H23ClN2O2. The van der Waals surface area contributed by atoms with Crippen molar-refractivity contribution in [3.63, 3.8) is 0 Å². The molecule has 1 aliphatic carbocycles. The van der Waals surface area contributed by atoms with E-state index in [1.54, 1.807) is 12.2 Å². The van der Waals surface area contributed by atoms with E-state index in [1.165, 1.54) is 17.2 Å². The molecule has 1 aromatic carbocycles. The summed E-state index contributed by atoms with van der Waals surface area (Å²) in [6.45, 7) is 2.94. The van der Waals surface area contributed by atoms with E-state index in [0.29, 0.717) is 12.1 Å². The van der Waals surface area contributed by atoms with Crippen LogP contribution >= 0.6 is 11.6 Å². The number of rotatable bonds is 5. The number of amides is 1. The second-order valence-corrected chi connectivity index (χ2v) is 8.01. The molecule has 0 spiro atoms. The maximum absolute atomic E-state index is 12.3. The van der Waals surface area contributed by atoms with Gasteiger partial charge in [0.1, 0.15) is 0 Å². The van der Waals surface area contributed by atoms with E-state index in [-0.39, 0.29) is 17.6 Å². The molecule has 0 fully saturated rings. The minimum Gasteiger partial charge on any atom is -0.299 e. The number of carbonyl (C=O) groups excluding carboxylic acids is 2. The normalized spacial score (nSPS) is 22.5. The Kier molecular flexibility index (Phi) is 5.69. The van der Waals surface area contributed by atoms with Crippen LogP contribution in [0.15, 0.2) is 59.1 Å². The summed E-state index contributed by atoms with van der Waals surface area (Å²) in [7, 11) is 0. The first kappa shape index (κ1) is 19.0. The Bertz CT molecular complexity index is 909. The number of benzene rings is 1. The van der Waals surface area contributed by atoms with E-state index < -0.39 is 0 Å². The number of ketones is 1. The van der Waals surface area contributed by atoms with Crippen molar-refractivity contribution in [1.82, 2.24) is 4.90 Å². The van der Waals surface area contributed by atoms with Gasteiger partial charge < -0.3 is 0 Å². The summed E-state index contributed by atoms with van der Waals surface area (Å²) in [5.74, 6) is -0.160. The molecule has 0 saturated heterocycles. The van der Waals surface area contributed by atoms with E-state index in [1.807, 2.05) is 12.1 Å². The summed E-state index contributed by atoms with van der Waals surface area (Å²) >= 11 is 5.97. The fourth-order valence-corrected chi connectivity index (χ4v) is 4.15. The Morgan fingerprint density at radius 3 is 2.68 bits per heavy atom. The van der Waals surface area contributed by atoms with Crippen LogP contribution in [0, 0.1) is 5.92 Å². The minimum atomic E-state index is -0.0979. The zero-order valence-corrected chi connectivity index (χ0v) is 16.5. The molecule has 5 heteroatoms. The molecule has 2 heterocycles. The van der Waals surface area contributed by atoms with E-state index in [0.717, 1.165) is 49.5 Å². The van der Waals surface area contributed by atoms with Crippen LogP contribution in [0.4, 0.5) is 0 Å². The maximum Gasteiger partial charge on any atom is 0.249 e. The zero-order valence-electron chi connectivity index (χ0n) is 15.7. The summed E-state index contributed by atoms with van der Waals surface area (Å²) in [5, 5.41) is 0.764. The first-order valence-electron chi connectivity index (χ1n) is 9.81. The van der Waals surface area contributed by atoms with E-state index in [2.05, 4.69) is 28.1 Å². The molecule has 3 aliphatic rings. The van der Waals surface area contributed by atoms with Crippen LogP contribution in [0.2, 0.25) is 5.02 Å². The summed E-state index contributed by atoms with van der Waals surface area (Å²) in [4.78, 5) is 30.4. The number of allylic oxidation sites excluding steroid dienone is 4. The molecule has 0 aromatic heterocycles. The van der Waals surface area contributed by atoms with Crippen LogP contribution < -0.4 is 0 Å². The molecule has 2 aliphatic heterocycles. The van der Waals surface area contributed by atoms with Crippen LogP contribution in [-0.2, 0) is 9.59 Å². The van der Waals surface area contributed by atoms with Crippen molar-refractivity contribution in [1.29, 1.82) is 0 Å². The predicted molar refractivity (Wildman–Crippen MR) is 112 cm³/mol. The van der Waals surface area contributed by atoms with E-state index >= 15 is 0 Å². The Balaban J connectivity index is 1.27. The van der Waals surface area contributed by atoms with E-state index in [9.17, 15) is 9.59 Å². The topological polar surface area (TPSA) is 49.7 Å². The number of aliphatic imine (C=N–C) groups is 1. The monoisotopic (exact) mass is 394 g/mol. The fourth-order valence-electron chi connectivity index (χ4n) is 4.02. The summed E-state index contributed by atoms with van der Waals surface area (Å²) < 4.78 is 0. The van der Waals surface area contributed by atoms with Gasteiger partial charge in [-0.25, -0.2) is 4.99 Å². The lowest BCUT2D eigenvalue weighted by Crippen LogP contribution is -2.30. The second kappa shape index (κ2) is 8.38. The number of nitrogens with zero attached hydrogens (tertiary/aromatic N) is 2. The number of hydrogen-bond acceptors (Lipinski definition) is 3. The third kappa shape index (κ3) is 4.40. The zero-order chi connectivity index (χ0) is 19.5. The van der Waals surface area contributed by atoms with Crippen molar-refractivity contribution in [3.05, 3.63) is 64.7 Å². The molecule has 1 aromatic rings. The van der Waals surface area contributed by atoms with Gasteiger partial charge >= 0.3 is 0 Å². The standard InChI is InChI=1S/C23H23ClN2O2/c24-20-5-3-16(4-6-20)17-9-12-26(13-10-17)11-1-2-18-14-19-15-21(27)7-8-22(19)25-23(18)28/h3-9,15,18H,1-2,10-14H2. The maximum atomic E-state index is 12.3. The highest BCUT2D eigenvalue weighted by Gasteiger charge is 2.28. The largest absolute Gasteiger partial charge is 0.299 e. The molecule has 1 amide bonds. The minimum absolute atomic E-state index is 0.0151. The van der Waals surface area contributed by atoms with Gasteiger partial charge in [-0.05, 0) is 79.3 Å². The summed E-state index contributed by atoms with van der Waals surface area (Å²) in [6, 6.07) is 8.02. The average Bonchev–Trinajstić information content (AvgIpc) is 2.70. The van der Waals surface area contributed by atoms with Crippen LogP contribution in [0.5, 0.6) is 0 Å². The average molecular weight is 395 g/mol. The fraction of sp³-hybridized carbons (Fsp3) is 0.348. The summed E-state index contributed by atoms with van der Waals surface area (Å²) in [6.07, 6.45) is 10.5. The number of halogens is 1. The third-order valence-electron chi connectivity index (χ3n) is 5.63. The molecule has 0 radical (unpaired) electrons. The van der Waals surface area contributed by atoms with E-state index in [4.69, 9.17) is 11.6 Å². The van der Waals surface area contributed by atoms with Crippen molar-refractivity contribution in [3.8, 4) is 0 Å². The molecule has 0 N–H and O–H groups in total. The molecule has 28 heavy (non-hydrogen) atoms. The quantitative estimate of drug-likeness (QED) is 0.701. The molecule has 1 atom stereocenters. The second-order valence-electron chi connectivity index (χ2n) is 7.57. The lowest BCUT2D eigenvalue weighted by molar-refractivity contribution is -0.122.